The van der Waals surface area contributed by atoms with Crippen molar-refractivity contribution in [3.05, 3.63) is 65.7 Å². The molecule has 0 radical (unpaired) electrons. The molecule has 0 bridgehead atoms. The van der Waals surface area contributed by atoms with E-state index in [2.05, 4.69) is 6.07 Å². The molecule has 0 spiro atoms. The van der Waals surface area contributed by atoms with Gasteiger partial charge in [0.05, 0.1) is 11.0 Å². The van der Waals surface area contributed by atoms with Gasteiger partial charge in [-0.1, -0.05) is 48.0 Å². The smallest absolute Gasteiger partial charge is 0.243 e. The first-order valence-electron chi connectivity index (χ1n) is 8.28. The molecule has 2 aromatic rings. The number of nitriles is 1. The zero-order valence-corrected chi connectivity index (χ0v) is 15.0. The van der Waals surface area contributed by atoms with Crippen molar-refractivity contribution >= 4 is 10.0 Å². The standard InChI is InChI=1S/C19H21N3O2S/c1-16-7-9-17(10-8-16)19(15-20)21-11-13-22(14-12-21)25(23,24)18-5-3-2-4-6-18/h2-10,19H,11-14H2,1H3. The molecule has 1 atom stereocenters. The Morgan fingerprint density at radius 1 is 0.960 bits per heavy atom. The van der Waals surface area contributed by atoms with E-state index in [0.29, 0.717) is 31.1 Å². The third-order valence-electron chi connectivity index (χ3n) is 4.53. The van der Waals surface area contributed by atoms with E-state index in [4.69, 9.17) is 0 Å². The van der Waals surface area contributed by atoms with Crippen molar-refractivity contribution in [3.63, 3.8) is 0 Å². The maximum Gasteiger partial charge on any atom is 0.243 e. The normalized spacial score (nSPS) is 17.8. The first kappa shape index (κ1) is 17.6. The van der Waals surface area contributed by atoms with Crippen molar-refractivity contribution < 1.29 is 8.42 Å². The largest absolute Gasteiger partial charge is 0.282 e. The topological polar surface area (TPSA) is 64.4 Å². The highest BCUT2D eigenvalue weighted by Crippen LogP contribution is 2.24. The molecule has 0 N–H and O–H groups in total. The Labute approximate surface area is 149 Å². The maximum absolute atomic E-state index is 12.7. The summed E-state index contributed by atoms with van der Waals surface area (Å²) in [5, 5.41) is 9.58. The van der Waals surface area contributed by atoms with Crippen LogP contribution < -0.4 is 0 Å². The van der Waals surface area contributed by atoms with Crippen LogP contribution in [-0.2, 0) is 10.0 Å². The lowest BCUT2D eigenvalue weighted by atomic mass is 10.0. The van der Waals surface area contributed by atoms with E-state index in [1.54, 1.807) is 30.3 Å². The van der Waals surface area contributed by atoms with Crippen LogP contribution in [0.3, 0.4) is 0 Å². The van der Waals surface area contributed by atoms with Gasteiger partial charge in [-0.3, -0.25) is 4.90 Å². The molecule has 6 heteroatoms. The first-order valence-corrected chi connectivity index (χ1v) is 9.72. The molecule has 130 valence electrons. The fraction of sp³-hybridized carbons (Fsp3) is 0.316. The lowest BCUT2D eigenvalue weighted by molar-refractivity contribution is 0.162. The van der Waals surface area contributed by atoms with Gasteiger partial charge in [-0.2, -0.15) is 9.57 Å². The Morgan fingerprint density at radius 2 is 1.56 bits per heavy atom. The predicted molar refractivity (Wildman–Crippen MR) is 96.3 cm³/mol. The van der Waals surface area contributed by atoms with Crippen LogP contribution in [0.5, 0.6) is 0 Å². The quantitative estimate of drug-likeness (QED) is 0.845. The molecule has 1 saturated heterocycles. The van der Waals surface area contributed by atoms with Gasteiger partial charge in [0.15, 0.2) is 0 Å². The molecule has 1 heterocycles. The second-order valence-corrected chi connectivity index (χ2v) is 8.13. The highest BCUT2D eigenvalue weighted by molar-refractivity contribution is 7.89. The van der Waals surface area contributed by atoms with Crippen LogP contribution >= 0.6 is 0 Å². The zero-order valence-electron chi connectivity index (χ0n) is 14.2. The van der Waals surface area contributed by atoms with E-state index in [9.17, 15) is 13.7 Å². The van der Waals surface area contributed by atoms with Crippen LogP contribution in [0.1, 0.15) is 17.2 Å². The third-order valence-corrected chi connectivity index (χ3v) is 6.45. The number of sulfonamides is 1. The Bertz CT molecular complexity index is 850. The molecular formula is C19H21N3O2S. The molecular weight excluding hydrogens is 334 g/mol. The van der Waals surface area contributed by atoms with E-state index in [1.807, 2.05) is 36.1 Å². The fourth-order valence-corrected chi connectivity index (χ4v) is 4.50. The number of piperazine rings is 1. The van der Waals surface area contributed by atoms with Gasteiger partial charge in [-0.05, 0) is 24.6 Å². The summed E-state index contributed by atoms with van der Waals surface area (Å²) in [5.41, 5.74) is 2.10. The van der Waals surface area contributed by atoms with Crippen LogP contribution in [-0.4, -0.2) is 43.8 Å². The summed E-state index contributed by atoms with van der Waals surface area (Å²) >= 11 is 0. The van der Waals surface area contributed by atoms with Crippen molar-refractivity contribution in [1.29, 1.82) is 5.26 Å². The minimum atomic E-state index is -3.46. The summed E-state index contributed by atoms with van der Waals surface area (Å²) in [4.78, 5) is 2.36. The molecule has 1 aliphatic rings. The summed E-state index contributed by atoms with van der Waals surface area (Å²) < 4.78 is 26.9. The van der Waals surface area contributed by atoms with E-state index in [1.165, 1.54) is 4.31 Å². The summed E-state index contributed by atoms with van der Waals surface area (Å²) in [6, 6.07) is 18.4. The number of hydrogen-bond acceptors (Lipinski definition) is 4. The molecule has 25 heavy (non-hydrogen) atoms. The molecule has 0 amide bonds. The minimum absolute atomic E-state index is 0.318. The van der Waals surface area contributed by atoms with Gasteiger partial charge in [0.25, 0.3) is 0 Å². The number of benzene rings is 2. The predicted octanol–water partition coefficient (Wildman–Crippen LogP) is 2.57. The van der Waals surface area contributed by atoms with Crippen molar-refractivity contribution in [1.82, 2.24) is 9.21 Å². The van der Waals surface area contributed by atoms with Gasteiger partial charge in [0, 0.05) is 26.2 Å². The van der Waals surface area contributed by atoms with Crippen molar-refractivity contribution in [2.45, 2.75) is 17.9 Å². The van der Waals surface area contributed by atoms with E-state index < -0.39 is 10.0 Å². The van der Waals surface area contributed by atoms with Crippen molar-refractivity contribution in [2.75, 3.05) is 26.2 Å². The second-order valence-electron chi connectivity index (χ2n) is 6.20. The molecule has 1 fully saturated rings. The highest BCUT2D eigenvalue weighted by Gasteiger charge is 2.31. The molecule has 0 saturated carbocycles. The Balaban J connectivity index is 1.71. The monoisotopic (exact) mass is 355 g/mol. The summed E-state index contributed by atoms with van der Waals surface area (Å²) in [6.45, 7) is 3.87. The lowest BCUT2D eigenvalue weighted by Gasteiger charge is -2.36. The van der Waals surface area contributed by atoms with Crippen LogP contribution in [0.15, 0.2) is 59.5 Å². The van der Waals surface area contributed by atoms with Gasteiger partial charge >= 0.3 is 0 Å². The van der Waals surface area contributed by atoms with Crippen LogP contribution in [0.25, 0.3) is 0 Å². The average molecular weight is 355 g/mol. The number of aryl methyl sites for hydroxylation is 1. The summed E-state index contributed by atoms with van der Waals surface area (Å²) in [6.07, 6.45) is 0. The Kier molecular flexibility index (Phi) is 5.19. The summed E-state index contributed by atoms with van der Waals surface area (Å²) in [5.74, 6) is 0. The fourth-order valence-electron chi connectivity index (χ4n) is 3.06. The van der Waals surface area contributed by atoms with Crippen LogP contribution in [0.2, 0.25) is 0 Å². The van der Waals surface area contributed by atoms with Gasteiger partial charge < -0.3 is 0 Å². The molecule has 5 nitrogen and oxygen atoms in total. The van der Waals surface area contributed by atoms with Gasteiger partial charge in [-0.15, -0.1) is 0 Å². The van der Waals surface area contributed by atoms with Gasteiger partial charge in [0.1, 0.15) is 6.04 Å². The number of rotatable bonds is 4. The highest BCUT2D eigenvalue weighted by atomic mass is 32.2. The first-order chi connectivity index (χ1) is 12.0. The van der Waals surface area contributed by atoms with Crippen LogP contribution in [0, 0.1) is 18.3 Å². The summed E-state index contributed by atoms with van der Waals surface area (Å²) in [7, 11) is -3.46. The molecule has 2 aromatic carbocycles. The van der Waals surface area contributed by atoms with E-state index >= 15 is 0 Å². The molecule has 3 rings (SSSR count). The minimum Gasteiger partial charge on any atom is -0.282 e. The third kappa shape index (κ3) is 3.74. The van der Waals surface area contributed by atoms with Crippen molar-refractivity contribution in [3.8, 4) is 6.07 Å². The Hall–Kier alpha value is -2.20. The van der Waals surface area contributed by atoms with Gasteiger partial charge in [-0.25, -0.2) is 8.42 Å². The molecule has 1 unspecified atom stereocenters. The van der Waals surface area contributed by atoms with Crippen LogP contribution in [0.4, 0.5) is 0 Å². The molecule has 1 aliphatic heterocycles. The molecule has 0 aliphatic carbocycles. The van der Waals surface area contributed by atoms with E-state index in [0.717, 1.165) is 11.1 Å². The molecule has 0 aromatic heterocycles. The second kappa shape index (κ2) is 7.36. The number of nitrogens with zero attached hydrogens (tertiary/aromatic N) is 3. The van der Waals surface area contributed by atoms with Crippen molar-refractivity contribution in [2.24, 2.45) is 0 Å². The van der Waals surface area contributed by atoms with Gasteiger partial charge in [0.2, 0.25) is 10.0 Å². The average Bonchev–Trinajstić information content (AvgIpc) is 2.65. The Morgan fingerprint density at radius 3 is 2.12 bits per heavy atom. The lowest BCUT2D eigenvalue weighted by Crippen LogP contribution is -2.49. The maximum atomic E-state index is 12.7. The zero-order chi connectivity index (χ0) is 17.9. The van der Waals surface area contributed by atoms with E-state index in [-0.39, 0.29) is 6.04 Å². The SMILES string of the molecule is Cc1ccc(C(C#N)N2CCN(S(=O)(=O)c3ccccc3)CC2)cc1. The number of hydrogen-bond donors (Lipinski definition) is 0.